The molecule has 0 spiro atoms. The van der Waals surface area contributed by atoms with Crippen molar-refractivity contribution in [2.75, 3.05) is 19.6 Å². The number of aliphatic hydroxyl groups excluding tert-OH is 1. The Hall–Kier alpha value is -4.86. The molecular weight excluding hydrogens is 699 g/mol. The van der Waals surface area contributed by atoms with Gasteiger partial charge in [-0.1, -0.05) is 80.0 Å². The highest BCUT2D eigenvalue weighted by Crippen LogP contribution is 2.23. The van der Waals surface area contributed by atoms with E-state index in [1.165, 1.54) is 37.7 Å². The van der Waals surface area contributed by atoms with E-state index >= 15 is 0 Å². The molecule has 0 saturated heterocycles. The molecule has 0 aliphatic carbocycles. The lowest BCUT2D eigenvalue weighted by molar-refractivity contribution is -0.126. The number of sulfonamides is 1. The van der Waals surface area contributed by atoms with Gasteiger partial charge in [-0.2, -0.15) is 14.1 Å². The fourth-order valence-electron chi connectivity index (χ4n) is 6.09. The number of nitrogens with zero attached hydrogens (tertiary/aromatic N) is 6. The quantitative estimate of drug-likeness (QED) is 0.109. The number of aromatic nitrogens is 3. The lowest BCUT2D eigenvalue weighted by Crippen LogP contribution is -2.46. The zero-order chi connectivity index (χ0) is 38.5. The summed E-state index contributed by atoms with van der Waals surface area (Å²) in [7, 11) is -4.08. The Kier molecular flexibility index (Phi) is 14.9. The second-order valence-corrected chi connectivity index (χ2v) is 15.5. The molecule has 0 saturated carbocycles. The van der Waals surface area contributed by atoms with Crippen molar-refractivity contribution in [3.8, 4) is 0 Å². The van der Waals surface area contributed by atoms with Crippen LogP contribution in [-0.2, 0) is 34.3 Å². The SMILES string of the molecule is CC[C@H](C)[C@@H](C(=O)NC[C@@H](O)CN(CC(C)CCc1ccccc1)S(=O)(=O)c1ccc(CN=O)cc1)n1ccn(Cc2ccnc(C(C)N=O)c2)c1=O. The summed E-state index contributed by atoms with van der Waals surface area (Å²) < 4.78 is 31.9. The number of aryl methyl sites for hydroxylation is 1. The van der Waals surface area contributed by atoms with Crippen LogP contribution in [0.1, 0.15) is 75.0 Å². The van der Waals surface area contributed by atoms with Crippen LogP contribution in [0.25, 0.3) is 0 Å². The average Bonchev–Trinajstić information content (AvgIpc) is 3.51. The van der Waals surface area contributed by atoms with Crippen molar-refractivity contribution in [2.45, 2.75) is 83.1 Å². The van der Waals surface area contributed by atoms with Crippen molar-refractivity contribution < 1.29 is 18.3 Å². The highest BCUT2D eigenvalue weighted by atomic mass is 32.2. The van der Waals surface area contributed by atoms with Gasteiger partial charge in [-0.25, -0.2) is 13.2 Å². The summed E-state index contributed by atoms with van der Waals surface area (Å²) in [6, 6.07) is 17.7. The summed E-state index contributed by atoms with van der Waals surface area (Å²) >= 11 is 0. The van der Waals surface area contributed by atoms with Crippen molar-refractivity contribution in [3.05, 3.63) is 128 Å². The molecule has 284 valence electrons. The molecule has 2 N–H and O–H groups in total. The maximum Gasteiger partial charge on any atom is 0.329 e. The summed E-state index contributed by atoms with van der Waals surface area (Å²) in [4.78, 5) is 53.2. The Morgan fingerprint density at radius 3 is 2.34 bits per heavy atom. The van der Waals surface area contributed by atoms with E-state index < -0.39 is 39.8 Å². The largest absolute Gasteiger partial charge is 0.390 e. The van der Waals surface area contributed by atoms with Crippen LogP contribution in [0.3, 0.4) is 0 Å². The van der Waals surface area contributed by atoms with E-state index in [2.05, 4.69) is 20.7 Å². The lowest BCUT2D eigenvalue weighted by Gasteiger charge is -2.28. The van der Waals surface area contributed by atoms with Crippen molar-refractivity contribution in [1.29, 1.82) is 0 Å². The maximum atomic E-state index is 13.9. The maximum absolute atomic E-state index is 13.9. The molecule has 0 fully saturated rings. The van der Waals surface area contributed by atoms with Crippen molar-refractivity contribution in [3.63, 3.8) is 0 Å². The molecule has 4 aromatic rings. The number of nitroso groups, excluding NO2 is 2. The minimum atomic E-state index is -4.08. The second kappa shape index (κ2) is 19.3. The van der Waals surface area contributed by atoms with E-state index in [1.807, 2.05) is 51.1 Å². The normalized spacial score (nSPS) is 14.6. The number of carbonyl (C=O) groups is 1. The molecule has 14 nitrogen and oxygen atoms in total. The number of hydrogen-bond acceptors (Lipinski definition) is 10. The van der Waals surface area contributed by atoms with E-state index in [0.717, 1.165) is 17.5 Å². The van der Waals surface area contributed by atoms with Gasteiger partial charge < -0.3 is 10.4 Å². The van der Waals surface area contributed by atoms with Gasteiger partial charge in [-0.15, -0.1) is 0 Å². The van der Waals surface area contributed by atoms with E-state index in [0.29, 0.717) is 24.1 Å². The zero-order valence-electron chi connectivity index (χ0n) is 30.6. The predicted molar refractivity (Wildman–Crippen MR) is 202 cm³/mol. The van der Waals surface area contributed by atoms with E-state index in [9.17, 15) is 32.9 Å². The summed E-state index contributed by atoms with van der Waals surface area (Å²) in [5, 5.41) is 19.8. The first-order chi connectivity index (χ1) is 25.4. The summed E-state index contributed by atoms with van der Waals surface area (Å²) in [6.07, 6.45) is 5.46. The van der Waals surface area contributed by atoms with E-state index in [4.69, 9.17) is 0 Å². The zero-order valence-corrected chi connectivity index (χ0v) is 31.4. The third kappa shape index (κ3) is 11.1. The Bertz CT molecular complexity index is 1970. The molecule has 2 heterocycles. The number of imidazole rings is 1. The van der Waals surface area contributed by atoms with Gasteiger partial charge in [0, 0.05) is 38.2 Å². The Balaban J connectivity index is 1.48. The molecule has 4 rings (SSSR count). The van der Waals surface area contributed by atoms with Crippen LogP contribution in [0.4, 0.5) is 0 Å². The van der Waals surface area contributed by atoms with Crippen LogP contribution in [-0.4, -0.2) is 63.6 Å². The first-order valence-corrected chi connectivity index (χ1v) is 19.2. The van der Waals surface area contributed by atoms with Crippen LogP contribution >= 0.6 is 0 Å². The summed E-state index contributed by atoms with van der Waals surface area (Å²) in [5.41, 5.74) is 2.51. The van der Waals surface area contributed by atoms with Gasteiger partial charge in [-0.3, -0.25) is 18.9 Å². The molecule has 0 aliphatic heterocycles. The highest BCUT2D eigenvalue weighted by molar-refractivity contribution is 7.89. The highest BCUT2D eigenvalue weighted by Gasteiger charge is 2.31. The minimum Gasteiger partial charge on any atom is -0.390 e. The molecule has 1 amide bonds. The molecule has 53 heavy (non-hydrogen) atoms. The molecular formula is C38H49N7O7S. The molecule has 2 aromatic carbocycles. The van der Waals surface area contributed by atoms with Crippen LogP contribution in [0.15, 0.2) is 105 Å². The van der Waals surface area contributed by atoms with Gasteiger partial charge in [0.15, 0.2) is 0 Å². The monoisotopic (exact) mass is 747 g/mol. The third-order valence-corrected chi connectivity index (χ3v) is 11.3. The Labute approximate surface area is 310 Å². The molecule has 0 bridgehead atoms. The number of nitrogens with one attached hydrogen (secondary N) is 1. The number of hydrogen-bond donors (Lipinski definition) is 2. The van der Waals surface area contributed by atoms with Crippen LogP contribution in [0.2, 0.25) is 0 Å². The van der Waals surface area contributed by atoms with Gasteiger partial charge in [0.2, 0.25) is 15.9 Å². The van der Waals surface area contributed by atoms with Crippen molar-refractivity contribution in [2.24, 2.45) is 22.2 Å². The number of benzene rings is 2. The first-order valence-electron chi connectivity index (χ1n) is 17.8. The van der Waals surface area contributed by atoms with Gasteiger partial charge in [0.25, 0.3) is 0 Å². The first kappa shape index (κ1) is 40.9. The van der Waals surface area contributed by atoms with Gasteiger partial charge in [0.1, 0.15) is 18.6 Å². The number of rotatable bonds is 21. The number of amides is 1. The third-order valence-electron chi connectivity index (χ3n) is 9.43. The van der Waals surface area contributed by atoms with Gasteiger partial charge in [0.05, 0.1) is 23.2 Å². The number of pyridine rings is 1. The number of carbonyl (C=O) groups excluding carboxylic acids is 1. The topological polar surface area (TPSA) is 185 Å². The molecule has 5 atom stereocenters. The van der Waals surface area contributed by atoms with Gasteiger partial charge >= 0.3 is 5.69 Å². The molecule has 0 radical (unpaired) electrons. The Morgan fingerprint density at radius 1 is 0.962 bits per heavy atom. The van der Waals surface area contributed by atoms with E-state index in [1.54, 1.807) is 37.6 Å². The fourth-order valence-corrected chi connectivity index (χ4v) is 7.69. The predicted octanol–water partition coefficient (Wildman–Crippen LogP) is 5.21. The standard InChI is InChI=1S/C38H49N7O7S/c1-5-28(3)36(45-20-19-43(38(45)48)25-32-17-18-39-35(21-32)29(4)42-50)37(47)40-23-33(46)26-44(24-27(2)11-12-30-9-7-6-8-10-30)53(51,52)34-15-13-31(14-16-34)22-41-49/h6-10,13-21,27-29,33,36,46H,5,11-12,22-26H2,1-4H3,(H,40,47)/t27?,28-,29?,33+,36-/m0/s1. The number of aliphatic hydroxyl groups is 1. The minimum absolute atomic E-state index is 0.0114. The summed E-state index contributed by atoms with van der Waals surface area (Å²) in [6.45, 7) is 7.04. The van der Waals surface area contributed by atoms with Crippen LogP contribution < -0.4 is 11.0 Å². The molecule has 15 heteroatoms. The van der Waals surface area contributed by atoms with Crippen LogP contribution in [0, 0.1) is 21.6 Å². The van der Waals surface area contributed by atoms with Gasteiger partial charge in [-0.05, 0) is 72.6 Å². The fraction of sp³-hybridized carbons (Fsp3) is 0.447. The Morgan fingerprint density at radius 2 is 1.68 bits per heavy atom. The summed E-state index contributed by atoms with van der Waals surface area (Å²) in [5.74, 6) is -0.812. The van der Waals surface area contributed by atoms with Crippen LogP contribution in [0.5, 0.6) is 0 Å². The average molecular weight is 748 g/mol. The molecule has 2 aromatic heterocycles. The molecule has 2 unspecified atom stereocenters. The smallest absolute Gasteiger partial charge is 0.329 e. The van der Waals surface area contributed by atoms with Crippen molar-refractivity contribution in [1.82, 2.24) is 23.7 Å². The second-order valence-electron chi connectivity index (χ2n) is 13.6. The lowest BCUT2D eigenvalue weighted by atomic mass is 9.98. The van der Waals surface area contributed by atoms with Crippen molar-refractivity contribution >= 4 is 15.9 Å². The van der Waals surface area contributed by atoms with E-state index in [-0.39, 0.29) is 49.5 Å². The molecule has 0 aliphatic rings.